The highest BCUT2D eigenvalue weighted by atomic mass is 32.2. The van der Waals surface area contributed by atoms with Gasteiger partial charge >= 0.3 is 0 Å². The zero-order chi connectivity index (χ0) is 27.5. The van der Waals surface area contributed by atoms with E-state index in [1.165, 1.54) is 38.3 Å². The number of rotatable bonds is 9. The Bertz CT molecular complexity index is 1520. The molecule has 0 bridgehead atoms. The van der Waals surface area contributed by atoms with Crippen LogP contribution in [0.4, 0.5) is 17.1 Å². The van der Waals surface area contributed by atoms with E-state index in [1.807, 2.05) is 20.8 Å². The van der Waals surface area contributed by atoms with Gasteiger partial charge in [0.2, 0.25) is 15.9 Å². The van der Waals surface area contributed by atoms with Crippen molar-refractivity contribution in [2.45, 2.75) is 38.6 Å². The van der Waals surface area contributed by atoms with Crippen LogP contribution in [0.15, 0.2) is 65.6 Å². The molecule has 0 aliphatic carbocycles. The van der Waals surface area contributed by atoms with Crippen LogP contribution in [0.5, 0.6) is 5.75 Å². The number of carbonyl (C=O) groups excluding carboxylic acids is 1. The number of amides is 1. The van der Waals surface area contributed by atoms with Gasteiger partial charge in [0.05, 0.1) is 29.6 Å². The van der Waals surface area contributed by atoms with Crippen LogP contribution in [0.3, 0.4) is 0 Å². The van der Waals surface area contributed by atoms with Crippen LogP contribution in [-0.4, -0.2) is 42.2 Å². The zero-order valence-electron chi connectivity index (χ0n) is 21.6. The second kappa shape index (κ2) is 10.8. The van der Waals surface area contributed by atoms with Gasteiger partial charge in [-0.15, -0.1) is 0 Å². The minimum Gasteiger partial charge on any atom is -0.495 e. The lowest BCUT2D eigenvalue weighted by molar-refractivity contribution is -0.116. The highest BCUT2D eigenvalue weighted by Gasteiger charge is 2.29. The summed E-state index contributed by atoms with van der Waals surface area (Å²) in [4.78, 5) is 13.0. The van der Waals surface area contributed by atoms with E-state index in [1.54, 1.807) is 36.4 Å². The Hall–Kier alpha value is -3.57. The third-order valence-electron chi connectivity index (χ3n) is 5.86. The van der Waals surface area contributed by atoms with E-state index in [0.717, 1.165) is 27.3 Å². The number of hydrogen-bond acceptors (Lipinski definition) is 6. The summed E-state index contributed by atoms with van der Waals surface area (Å²) in [6.07, 6.45) is 1.04. The van der Waals surface area contributed by atoms with Gasteiger partial charge in [0.1, 0.15) is 11.8 Å². The van der Waals surface area contributed by atoms with Gasteiger partial charge in [0.15, 0.2) is 0 Å². The Morgan fingerprint density at radius 2 is 1.54 bits per heavy atom. The SMILES string of the molecule is COc1ccc(C)cc1NS(=O)(=O)c1ccc(NC(=O)[C@H](C)N(c2ccc(C)c(C)c2)S(C)(=O)=O)cc1. The van der Waals surface area contributed by atoms with Gasteiger partial charge in [-0.2, -0.15) is 0 Å². The number of methoxy groups -OCH3 is 1. The lowest BCUT2D eigenvalue weighted by atomic mass is 10.1. The minimum atomic E-state index is -3.93. The lowest BCUT2D eigenvalue weighted by Crippen LogP contribution is -2.45. The number of hydrogen-bond donors (Lipinski definition) is 2. The van der Waals surface area contributed by atoms with Crippen LogP contribution in [-0.2, 0) is 24.8 Å². The summed E-state index contributed by atoms with van der Waals surface area (Å²) in [5, 5.41) is 2.66. The smallest absolute Gasteiger partial charge is 0.262 e. The molecule has 3 rings (SSSR count). The third kappa shape index (κ3) is 6.60. The van der Waals surface area contributed by atoms with Gasteiger partial charge in [0.25, 0.3) is 10.0 Å². The van der Waals surface area contributed by atoms with Crippen molar-refractivity contribution < 1.29 is 26.4 Å². The van der Waals surface area contributed by atoms with Crippen molar-refractivity contribution in [3.05, 3.63) is 77.4 Å². The molecule has 0 heterocycles. The molecule has 0 saturated heterocycles. The summed E-state index contributed by atoms with van der Waals surface area (Å²) < 4.78 is 59.7. The lowest BCUT2D eigenvalue weighted by Gasteiger charge is -2.28. The number of nitrogens with zero attached hydrogens (tertiary/aromatic N) is 1. The summed E-state index contributed by atoms with van der Waals surface area (Å²) in [7, 11) is -6.25. The molecule has 37 heavy (non-hydrogen) atoms. The molecule has 0 radical (unpaired) electrons. The number of aryl methyl sites for hydroxylation is 3. The average Bonchev–Trinajstić information content (AvgIpc) is 2.81. The molecule has 0 aliphatic heterocycles. The molecule has 198 valence electrons. The van der Waals surface area contributed by atoms with Crippen molar-refractivity contribution in [3.8, 4) is 5.75 Å². The van der Waals surface area contributed by atoms with Crippen molar-refractivity contribution in [2.24, 2.45) is 0 Å². The Morgan fingerprint density at radius 1 is 0.892 bits per heavy atom. The first-order valence-corrected chi connectivity index (χ1v) is 14.7. The zero-order valence-corrected chi connectivity index (χ0v) is 23.2. The summed E-state index contributed by atoms with van der Waals surface area (Å²) in [6, 6.07) is 14.8. The van der Waals surface area contributed by atoms with E-state index in [4.69, 9.17) is 4.74 Å². The van der Waals surface area contributed by atoms with Crippen molar-refractivity contribution in [1.82, 2.24) is 0 Å². The molecule has 0 fully saturated rings. The molecule has 1 atom stereocenters. The predicted octanol–water partition coefficient (Wildman–Crippen LogP) is 4.21. The van der Waals surface area contributed by atoms with Crippen LogP contribution < -0.4 is 19.1 Å². The van der Waals surface area contributed by atoms with Gasteiger partial charge in [-0.3, -0.25) is 13.8 Å². The number of nitrogens with one attached hydrogen (secondary N) is 2. The van der Waals surface area contributed by atoms with E-state index in [9.17, 15) is 21.6 Å². The van der Waals surface area contributed by atoms with E-state index >= 15 is 0 Å². The van der Waals surface area contributed by atoms with Crippen molar-refractivity contribution in [1.29, 1.82) is 0 Å². The fourth-order valence-electron chi connectivity index (χ4n) is 3.74. The van der Waals surface area contributed by atoms with Gasteiger partial charge in [-0.05, 0) is 92.9 Å². The Labute approximate surface area is 218 Å². The number of sulfonamides is 2. The normalized spacial score (nSPS) is 12.5. The Balaban J connectivity index is 1.80. The van der Waals surface area contributed by atoms with Crippen molar-refractivity contribution >= 4 is 43.0 Å². The van der Waals surface area contributed by atoms with Gasteiger partial charge in [-0.25, -0.2) is 16.8 Å². The number of ether oxygens (including phenoxy) is 1. The van der Waals surface area contributed by atoms with Crippen LogP contribution >= 0.6 is 0 Å². The van der Waals surface area contributed by atoms with E-state index in [2.05, 4.69) is 10.0 Å². The maximum Gasteiger partial charge on any atom is 0.262 e. The van der Waals surface area contributed by atoms with E-state index < -0.39 is 32.0 Å². The standard InChI is InChI=1S/C26H31N3O6S2/c1-17-7-14-25(35-5)24(15-17)28-37(33,34)23-12-9-21(10-13-23)27-26(30)20(4)29(36(6,31)32)22-11-8-18(2)19(3)16-22/h7-16,20,28H,1-6H3,(H,27,30)/t20-/m0/s1. The minimum absolute atomic E-state index is 0.0185. The Kier molecular flexibility index (Phi) is 8.19. The molecular formula is C26H31N3O6S2. The number of carbonyl (C=O) groups is 1. The topological polar surface area (TPSA) is 122 Å². The molecule has 1 amide bonds. The van der Waals surface area contributed by atoms with Crippen LogP contribution in [0.25, 0.3) is 0 Å². The van der Waals surface area contributed by atoms with Crippen LogP contribution in [0.2, 0.25) is 0 Å². The number of benzene rings is 3. The second-order valence-electron chi connectivity index (χ2n) is 8.83. The predicted molar refractivity (Wildman–Crippen MR) is 146 cm³/mol. The molecule has 11 heteroatoms. The van der Waals surface area contributed by atoms with Crippen molar-refractivity contribution in [2.75, 3.05) is 27.7 Å². The molecule has 0 unspecified atom stereocenters. The first kappa shape index (κ1) is 28.0. The maximum atomic E-state index is 13.0. The van der Waals surface area contributed by atoms with E-state index in [-0.39, 0.29) is 4.90 Å². The third-order valence-corrected chi connectivity index (χ3v) is 8.49. The van der Waals surface area contributed by atoms with Gasteiger partial charge in [0, 0.05) is 5.69 Å². The quantitative estimate of drug-likeness (QED) is 0.415. The largest absolute Gasteiger partial charge is 0.495 e. The molecule has 0 spiro atoms. The molecule has 0 aliphatic rings. The molecule has 9 nitrogen and oxygen atoms in total. The summed E-state index contributed by atoms with van der Waals surface area (Å²) >= 11 is 0. The first-order chi connectivity index (χ1) is 17.2. The second-order valence-corrected chi connectivity index (χ2v) is 12.4. The highest BCUT2D eigenvalue weighted by molar-refractivity contribution is 7.92. The summed E-state index contributed by atoms with van der Waals surface area (Å²) in [5.74, 6) is -0.187. The highest BCUT2D eigenvalue weighted by Crippen LogP contribution is 2.28. The monoisotopic (exact) mass is 545 g/mol. The first-order valence-electron chi connectivity index (χ1n) is 11.4. The molecule has 0 saturated carbocycles. The van der Waals surface area contributed by atoms with Crippen LogP contribution in [0.1, 0.15) is 23.6 Å². The maximum absolute atomic E-state index is 13.0. The molecule has 0 aromatic heterocycles. The van der Waals surface area contributed by atoms with Crippen LogP contribution in [0, 0.1) is 20.8 Å². The molecule has 2 N–H and O–H groups in total. The molecule has 3 aromatic carbocycles. The van der Waals surface area contributed by atoms with Gasteiger partial charge in [-0.1, -0.05) is 12.1 Å². The van der Waals surface area contributed by atoms with Crippen molar-refractivity contribution in [3.63, 3.8) is 0 Å². The Morgan fingerprint density at radius 3 is 2.11 bits per heavy atom. The summed E-state index contributed by atoms with van der Waals surface area (Å²) in [6.45, 7) is 7.10. The van der Waals surface area contributed by atoms with Gasteiger partial charge < -0.3 is 10.1 Å². The number of anilines is 3. The molecular weight excluding hydrogens is 514 g/mol. The molecule has 3 aromatic rings. The fraction of sp³-hybridized carbons (Fsp3) is 0.269. The average molecular weight is 546 g/mol. The summed E-state index contributed by atoms with van der Waals surface area (Å²) in [5.41, 5.74) is 3.76. The van der Waals surface area contributed by atoms with E-state index in [0.29, 0.717) is 22.8 Å². The fourth-order valence-corrected chi connectivity index (χ4v) is 5.97.